The van der Waals surface area contributed by atoms with E-state index in [1.807, 2.05) is 23.1 Å². The van der Waals surface area contributed by atoms with E-state index in [4.69, 9.17) is 24.1 Å². The van der Waals surface area contributed by atoms with E-state index < -0.39 is 41.9 Å². The van der Waals surface area contributed by atoms with Crippen LogP contribution < -0.4 is 0 Å². The monoisotopic (exact) mass is 656 g/mol. The third-order valence-electron chi connectivity index (χ3n) is 7.19. The van der Waals surface area contributed by atoms with Crippen molar-refractivity contribution in [2.24, 2.45) is 0 Å². The number of imide groups is 1. The van der Waals surface area contributed by atoms with Crippen LogP contribution in [0.3, 0.4) is 0 Å². The largest absolute Gasteiger partial charge is 0.480 e. The minimum atomic E-state index is -3.64. The van der Waals surface area contributed by atoms with Crippen molar-refractivity contribution < 1.29 is 48.1 Å². The van der Waals surface area contributed by atoms with Crippen molar-refractivity contribution in [3.8, 4) is 0 Å². The van der Waals surface area contributed by atoms with Gasteiger partial charge in [0.2, 0.25) is 7.37 Å². The van der Waals surface area contributed by atoms with Crippen molar-refractivity contribution in [2.75, 3.05) is 32.4 Å². The molecule has 1 unspecified atom stereocenters. The Labute approximate surface area is 268 Å². The van der Waals surface area contributed by atoms with Crippen LogP contribution in [-0.2, 0) is 45.4 Å². The van der Waals surface area contributed by atoms with Crippen LogP contribution in [0.15, 0.2) is 24.3 Å². The molecule has 1 aromatic rings. The summed E-state index contributed by atoms with van der Waals surface area (Å²) in [5, 5.41) is 8.95. The molecule has 1 heterocycles. The van der Waals surface area contributed by atoms with Crippen molar-refractivity contribution in [3.05, 3.63) is 35.4 Å². The smallest absolute Gasteiger partial charge is 0.450 e. The van der Waals surface area contributed by atoms with Gasteiger partial charge in [0.25, 0.3) is 0 Å². The fraction of sp³-hybridized carbons (Fsp3) is 0.719. The van der Waals surface area contributed by atoms with Gasteiger partial charge in [-0.1, -0.05) is 45.0 Å². The number of aliphatic carboxylic acids is 1. The molecule has 1 aliphatic rings. The molecule has 0 aromatic heterocycles. The molecule has 0 bridgehead atoms. The summed E-state index contributed by atoms with van der Waals surface area (Å²) in [5.41, 5.74) is 0.471. The van der Waals surface area contributed by atoms with Crippen LogP contribution in [0.25, 0.3) is 0 Å². The van der Waals surface area contributed by atoms with E-state index in [0.717, 1.165) is 11.1 Å². The van der Waals surface area contributed by atoms with Gasteiger partial charge in [-0.2, -0.15) is 9.78 Å². The molecule has 2 rings (SSSR count). The van der Waals surface area contributed by atoms with Crippen LogP contribution in [0.2, 0.25) is 0 Å². The van der Waals surface area contributed by atoms with E-state index >= 15 is 0 Å². The Kier molecular flexibility index (Phi) is 13.2. The van der Waals surface area contributed by atoms with Crippen molar-refractivity contribution in [3.63, 3.8) is 0 Å². The molecule has 1 saturated heterocycles. The number of nitrogens with zero attached hydrogens (tertiary/aromatic N) is 2. The topological polar surface area (TPSA) is 141 Å². The maximum absolute atomic E-state index is 14.2. The first kappa shape index (κ1) is 38.7. The molecule has 1 aromatic carbocycles. The summed E-state index contributed by atoms with van der Waals surface area (Å²) in [7, 11) is -3.64. The molecule has 1 fully saturated rings. The maximum Gasteiger partial charge on any atom is 0.450 e. The highest BCUT2D eigenvalue weighted by molar-refractivity contribution is 7.62. The second-order valence-corrected chi connectivity index (χ2v) is 17.4. The summed E-state index contributed by atoms with van der Waals surface area (Å²) < 4.78 is 20.0. The second-order valence-electron chi connectivity index (χ2n) is 14.5. The molecule has 0 radical (unpaired) electrons. The number of carbonyl (C=O) groups is 3. The molecule has 0 aliphatic carbocycles. The van der Waals surface area contributed by atoms with Gasteiger partial charge in [0.05, 0.1) is 6.61 Å². The molecule has 2 amide bonds. The molecule has 1 N–H and O–H groups in total. The highest BCUT2D eigenvalue weighted by Crippen LogP contribution is 2.63. The quantitative estimate of drug-likeness (QED) is 0.106. The highest BCUT2D eigenvalue weighted by atomic mass is 31.2. The van der Waals surface area contributed by atoms with Crippen molar-refractivity contribution in [2.45, 2.75) is 117 Å². The molecule has 2 atom stereocenters. The van der Waals surface area contributed by atoms with E-state index in [2.05, 4.69) is 26.8 Å². The number of carboxylic acids is 1. The number of hydrogen-bond donors (Lipinski definition) is 1. The van der Waals surface area contributed by atoms with Gasteiger partial charge in [-0.05, 0) is 84.3 Å². The lowest BCUT2D eigenvalue weighted by Crippen LogP contribution is -2.54. The third-order valence-corrected chi connectivity index (χ3v) is 10.5. The minimum Gasteiger partial charge on any atom is -0.480 e. The Morgan fingerprint density at radius 2 is 1.49 bits per heavy atom. The summed E-state index contributed by atoms with van der Waals surface area (Å²) >= 11 is 0. The molecule has 45 heavy (non-hydrogen) atoms. The number of unbranched alkanes of at least 4 members (excludes halogenated alkanes) is 1. The zero-order valence-corrected chi connectivity index (χ0v) is 29.5. The Hall–Kier alpha value is -2.50. The first-order valence-corrected chi connectivity index (χ1v) is 17.3. The lowest BCUT2D eigenvalue weighted by atomic mass is 9.83. The number of rotatable bonds is 12. The molecule has 1 aliphatic heterocycles. The van der Waals surface area contributed by atoms with Crippen LogP contribution in [0.5, 0.6) is 0 Å². The van der Waals surface area contributed by atoms with E-state index in [1.54, 1.807) is 48.5 Å². The van der Waals surface area contributed by atoms with Gasteiger partial charge in [0, 0.05) is 32.3 Å². The Morgan fingerprint density at radius 3 is 1.98 bits per heavy atom. The van der Waals surface area contributed by atoms with Gasteiger partial charge in [-0.3, -0.25) is 24.0 Å². The van der Waals surface area contributed by atoms with Crippen LogP contribution in [-0.4, -0.2) is 81.8 Å². The zero-order chi connectivity index (χ0) is 34.3. The summed E-state index contributed by atoms with van der Waals surface area (Å²) in [6.45, 7) is 19.0. The van der Waals surface area contributed by atoms with Crippen LogP contribution in [0, 0.1) is 0 Å². The van der Waals surface area contributed by atoms with Crippen molar-refractivity contribution >= 4 is 25.5 Å². The van der Waals surface area contributed by atoms with E-state index in [9.17, 15) is 24.1 Å². The highest BCUT2D eigenvalue weighted by Gasteiger charge is 2.58. The first-order valence-electron chi connectivity index (χ1n) is 15.5. The number of benzene rings is 1. The molecule has 0 saturated carbocycles. The molecular weight excluding hydrogens is 603 g/mol. The fourth-order valence-corrected chi connectivity index (χ4v) is 8.10. The average molecular weight is 657 g/mol. The van der Waals surface area contributed by atoms with E-state index in [0.29, 0.717) is 18.0 Å². The predicted molar refractivity (Wildman–Crippen MR) is 170 cm³/mol. The fourth-order valence-electron chi connectivity index (χ4n) is 5.13. The number of amides is 2. The molecule has 0 spiro atoms. The Balaban J connectivity index is 2.27. The normalized spacial score (nSPS) is 21.3. The van der Waals surface area contributed by atoms with Crippen molar-refractivity contribution in [1.29, 1.82) is 0 Å². The second kappa shape index (κ2) is 15.4. The maximum atomic E-state index is 14.2. The van der Waals surface area contributed by atoms with Gasteiger partial charge in [0.15, 0.2) is 5.16 Å². The zero-order valence-electron chi connectivity index (χ0n) is 28.6. The minimum absolute atomic E-state index is 0.00590. The van der Waals surface area contributed by atoms with Gasteiger partial charge >= 0.3 is 18.2 Å². The number of carbonyl (C=O) groups excluding carboxylic acids is 2. The lowest BCUT2D eigenvalue weighted by Gasteiger charge is -2.45. The van der Waals surface area contributed by atoms with Crippen LogP contribution in [0.1, 0.15) is 99.6 Å². The number of carboxylic acid groups (broad SMARTS) is 1. The SMILES string of the molecule is CCOP1(=O)CCN(Cc2ccccc2C(C)(C)C)C[C@@]1(CCCCN(C(=O)OOC(C)(C)C)C(=O)OOC(C)(C)C)C(=O)O. The number of hydrogen-bond acceptors (Lipinski definition) is 10. The summed E-state index contributed by atoms with van der Waals surface area (Å²) in [4.78, 5) is 61.2. The molecule has 12 nitrogen and oxygen atoms in total. The average Bonchev–Trinajstić information content (AvgIpc) is 2.91. The predicted octanol–water partition coefficient (Wildman–Crippen LogP) is 7.14. The van der Waals surface area contributed by atoms with Gasteiger partial charge in [-0.25, -0.2) is 14.5 Å². The Bertz CT molecular complexity index is 1190. The van der Waals surface area contributed by atoms with Crippen LogP contribution >= 0.6 is 7.37 Å². The van der Waals surface area contributed by atoms with Gasteiger partial charge in [-0.15, -0.1) is 0 Å². The Morgan fingerprint density at radius 1 is 0.933 bits per heavy atom. The molecular formula is C32H53N2O10P. The summed E-state index contributed by atoms with van der Waals surface area (Å²) in [6.07, 6.45) is -1.73. The standard InChI is InChI=1S/C32H53N2O10P/c1-11-40-45(39)21-20-33(22-24-16-12-13-17-25(24)29(2,3)4)23-32(45,26(35)36)18-14-15-19-34(27(37)41-43-30(5,6)7)28(38)42-44-31(8,9)10/h12-13,16-17H,11,14-15,18-23H2,1-10H3,(H,35,36)/t32-,45?/m0/s1. The molecule has 256 valence electrons. The lowest BCUT2D eigenvalue weighted by molar-refractivity contribution is -0.316. The van der Waals surface area contributed by atoms with E-state index in [1.165, 1.54) is 0 Å². The van der Waals surface area contributed by atoms with Gasteiger partial charge < -0.3 is 9.63 Å². The van der Waals surface area contributed by atoms with Gasteiger partial charge in [0.1, 0.15) is 11.2 Å². The summed E-state index contributed by atoms with van der Waals surface area (Å²) in [5.74, 6) is -1.19. The third kappa shape index (κ3) is 11.1. The van der Waals surface area contributed by atoms with Crippen LogP contribution in [0.4, 0.5) is 9.59 Å². The van der Waals surface area contributed by atoms with Crippen molar-refractivity contribution in [1.82, 2.24) is 9.80 Å². The summed E-state index contributed by atoms with van der Waals surface area (Å²) in [6, 6.07) is 8.07. The first-order chi connectivity index (χ1) is 20.6. The van der Waals surface area contributed by atoms with E-state index in [-0.39, 0.29) is 50.5 Å². The molecule has 13 heteroatoms.